The highest BCUT2D eigenvalue weighted by molar-refractivity contribution is 7.22. The van der Waals surface area contributed by atoms with E-state index in [1.165, 1.54) is 23.3 Å². The lowest BCUT2D eigenvalue weighted by Gasteiger charge is -2.23. The van der Waals surface area contributed by atoms with Crippen LogP contribution in [0.3, 0.4) is 0 Å². The van der Waals surface area contributed by atoms with Gasteiger partial charge in [0, 0.05) is 5.56 Å². The summed E-state index contributed by atoms with van der Waals surface area (Å²) in [5.41, 5.74) is 2.85. The molecular formula is C30H28N2O5S. The third-order valence-electron chi connectivity index (χ3n) is 6.49. The molecule has 3 aromatic carbocycles. The monoisotopic (exact) mass is 528 g/mol. The van der Waals surface area contributed by atoms with Crippen molar-refractivity contribution in [2.45, 2.75) is 32.7 Å². The van der Waals surface area contributed by atoms with Crippen LogP contribution in [-0.4, -0.2) is 35.5 Å². The van der Waals surface area contributed by atoms with Crippen LogP contribution in [0.5, 0.6) is 11.5 Å². The summed E-state index contributed by atoms with van der Waals surface area (Å²) in [6.07, 6.45) is 1.97. The Kier molecular flexibility index (Phi) is 7.15. The molecule has 0 aliphatic carbocycles. The number of carbonyl (C=O) groups excluding carboxylic acids is 2. The molecule has 1 atom stereocenters. The van der Waals surface area contributed by atoms with Crippen LogP contribution in [-0.2, 0) is 9.59 Å². The first-order chi connectivity index (χ1) is 18.4. The zero-order valence-corrected chi connectivity index (χ0v) is 22.2. The number of ether oxygens (including phenoxy) is 2. The van der Waals surface area contributed by atoms with Crippen LogP contribution in [0, 0.1) is 6.92 Å². The number of aromatic nitrogens is 1. The molecule has 7 nitrogen and oxygen atoms in total. The molecule has 38 heavy (non-hydrogen) atoms. The predicted octanol–water partition coefficient (Wildman–Crippen LogP) is 6.42. The lowest BCUT2D eigenvalue weighted by molar-refractivity contribution is -0.132. The molecule has 1 fully saturated rings. The Morgan fingerprint density at radius 2 is 1.84 bits per heavy atom. The number of ketones is 1. The minimum Gasteiger partial charge on any atom is -0.507 e. The highest BCUT2D eigenvalue weighted by atomic mass is 32.1. The number of benzene rings is 3. The molecule has 5 rings (SSSR count). The number of anilines is 1. The number of aliphatic hydroxyl groups is 1. The lowest BCUT2D eigenvalue weighted by Crippen LogP contribution is -2.29. The third-order valence-corrected chi connectivity index (χ3v) is 7.51. The number of hydrogen-bond donors (Lipinski definition) is 1. The SMILES string of the molecule is CCCCOc1ccc(C2/C(=C(\O)c3cccc(OC)c3)C(=O)C(=O)N2c2nc3ccc(C)cc3s2)cc1. The predicted molar refractivity (Wildman–Crippen MR) is 149 cm³/mol. The summed E-state index contributed by atoms with van der Waals surface area (Å²) in [6, 6.07) is 19.0. The van der Waals surface area contributed by atoms with Crippen molar-refractivity contribution in [3.05, 3.63) is 89.0 Å². The second-order valence-electron chi connectivity index (χ2n) is 9.14. The van der Waals surface area contributed by atoms with Gasteiger partial charge in [-0.2, -0.15) is 0 Å². The number of methoxy groups -OCH3 is 1. The van der Waals surface area contributed by atoms with Gasteiger partial charge in [-0.1, -0.05) is 55.0 Å². The van der Waals surface area contributed by atoms with Gasteiger partial charge in [0.15, 0.2) is 5.13 Å². The van der Waals surface area contributed by atoms with Crippen LogP contribution >= 0.6 is 11.3 Å². The molecule has 1 aromatic heterocycles. The molecular weight excluding hydrogens is 500 g/mol. The molecule has 8 heteroatoms. The molecule has 1 N–H and O–H groups in total. The summed E-state index contributed by atoms with van der Waals surface area (Å²) in [5.74, 6) is -0.556. The Labute approximate surface area is 225 Å². The van der Waals surface area contributed by atoms with Crippen LogP contribution < -0.4 is 14.4 Å². The fourth-order valence-corrected chi connectivity index (χ4v) is 5.56. The van der Waals surface area contributed by atoms with Crippen LogP contribution in [0.4, 0.5) is 5.13 Å². The van der Waals surface area contributed by atoms with Crippen molar-refractivity contribution in [2.24, 2.45) is 0 Å². The van der Waals surface area contributed by atoms with E-state index in [4.69, 9.17) is 9.47 Å². The number of fused-ring (bicyclic) bond motifs is 1. The molecule has 1 aliphatic heterocycles. The quantitative estimate of drug-likeness (QED) is 0.123. The van der Waals surface area contributed by atoms with Crippen molar-refractivity contribution in [1.82, 2.24) is 4.98 Å². The van der Waals surface area contributed by atoms with Gasteiger partial charge in [0.05, 0.1) is 35.5 Å². The first-order valence-corrected chi connectivity index (χ1v) is 13.3. The first-order valence-electron chi connectivity index (χ1n) is 12.5. The maximum absolute atomic E-state index is 13.5. The van der Waals surface area contributed by atoms with Crippen molar-refractivity contribution in [3.8, 4) is 11.5 Å². The Morgan fingerprint density at radius 3 is 2.58 bits per heavy atom. The van der Waals surface area contributed by atoms with Crippen molar-refractivity contribution < 1.29 is 24.2 Å². The second kappa shape index (κ2) is 10.7. The van der Waals surface area contributed by atoms with Crippen LogP contribution in [0.25, 0.3) is 16.0 Å². The minimum atomic E-state index is -0.868. The first kappa shape index (κ1) is 25.5. The van der Waals surface area contributed by atoms with Gasteiger partial charge in [0.2, 0.25) is 0 Å². The highest BCUT2D eigenvalue weighted by Gasteiger charge is 2.48. The van der Waals surface area contributed by atoms with Crippen LogP contribution in [0.15, 0.2) is 72.3 Å². The van der Waals surface area contributed by atoms with Gasteiger partial charge >= 0.3 is 5.91 Å². The molecule has 1 saturated heterocycles. The normalized spacial score (nSPS) is 16.8. The number of aliphatic hydroxyl groups excluding tert-OH is 1. The number of amides is 1. The number of aryl methyl sites for hydroxylation is 1. The standard InChI is InChI=1S/C30H28N2O5S/c1-4-5-15-37-21-12-10-19(11-13-21)26-25(27(33)20-7-6-8-22(17-20)36-3)28(34)29(35)32(26)30-31-23-14-9-18(2)16-24(23)38-30/h6-14,16-17,26,33H,4-5,15H2,1-3H3/b27-25+. The van der Waals surface area contributed by atoms with Gasteiger partial charge < -0.3 is 14.6 Å². The number of rotatable bonds is 8. The largest absolute Gasteiger partial charge is 0.507 e. The molecule has 0 radical (unpaired) electrons. The van der Waals surface area contributed by atoms with Crippen molar-refractivity contribution in [1.29, 1.82) is 0 Å². The summed E-state index contributed by atoms with van der Waals surface area (Å²) in [4.78, 5) is 33.0. The smallest absolute Gasteiger partial charge is 0.301 e. The van der Waals surface area contributed by atoms with E-state index < -0.39 is 17.7 Å². The third kappa shape index (κ3) is 4.75. The van der Waals surface area contributed by atoms with Gasteiger partial charge in [-0.05, 0) is 60.9 Å². The van der Waals surface area contributed by atoms with Gasteiger partial charge in [0.1, 0.15) is 17.3 Å². The average Bonchev–Trinajstić information content (AvgIpc) is 3.46. The highest BCUT2D eigenvalue weighted by Crippen LogP contribution is 2.44. The number of thiazole rings is 1. The molecule has 4 aromatic rings. The Bertz CT molecular complexity index is 1540. The van der Waals surface area contributed by atoms with E-state index in [0.29, 0.717) is 34.4 Å². The van der Waals surface area contributed by atoms with E-state index in [9.17, 15) is 14.7 Å². The Hall–Kier alpha value is -4.17. The number of unbranched alkanes of at least 4 members (excludes halogenated alkanes) is 1. The molecule has 0 saturated carbocycles. The van der Waals surface area contributed by atoms with Gasteiger partial charge in [-0.25, -0.2) is 4.98 Å². The molecule has 194 valence electrons. The zero-order valence-electron chi connectivity index (χ0n) is 21.4. The summed E-state index contributed by atoms with van der Waals surface area (Å²) in [6.45, 7) is 4.69. The van der Waals surface area contributed by atoms with Crippen LogP contribution in [0.1, 0.15) is 42.5 Å². The van der Waals surface area contributed by atoms with E-state index >= 15 is 0 Å². The van der Waals surface area contributed by atoms with Crippen LogP contribution in [0.2, 0.25) is 0 Å². The van der Waals surface area contributed by atoms with Gasteiger partial charge in [-0.15, -0.1) is 0 Å². The van der Waals surface area contributed by atoms with E-state index in [1.807, 2.05) is 49.4 Å². The van der Waals surface area contributed by atoms with Gasteiger partial charge in [-0.3, -0.25) is 14.5 Å². The number of carbonyl (C=O) groups is 2. The van der Waals surface area contributed by atoms with E-state index in [2.05, 4.69) is 11.9 Å². The number of Topliss-reactive ketones (excluding diaryl/α,β-unsaturated/α-hetero) is 1. The molecule has 1 aliphatic rings. The van der Waals surface area contributed by atoms with E-state index in [0.717, 1.165) is 28.6 Å². The average molecular weight is 529 g/mol. The minimum absolute atomic E-state index is 0.00154. The lowest BCUT2D eigenvalue weighted by atomic mass is 9.95. The summed E-state index contributed by atoms with van der Waals surface area (Å²) in [5, 5.41) is 11.8. The number of hydrogen-bond acceptors (Lipinski definition) is 7. The van der Waals surface area contributed by atoms with Crippen molar-refractivity contribution >= 4 is 44.1 Å². The second-order valence-corrected chi connectivity index (χ2v) is 10.1. The maximum Gasteiger partial charge on any atom is 0.301 e. The summed E-state index contributed by atoms with van der Waals surface area (Å²) >= 11 is 1.34. The molecule has 1 unspecified atom stereocenters. The number of nitrogens with zero attached hydrogens (tertiary/aromatic N) is 2. The summed E-state index contributed by atoms with van der Waals surface area (Å²) in [7, 11) is 1.52. The molecule has 2 heterocycles. The van der Waals surface area contributed by atoms with Crippen molar-refractivity contribution in [3.63, 3.8) is 0 Å². The molecule has 0 spiro atoms. The topological polar surface area (TPSA) is 89.0 Å². The molecule has 0 bridgehead atoms. The Morgan fingerprint density at radius 1 is 1.05 bits per heavy atom. The fourth-order valence-electron chi connectivity index (χ4n) is 4.47. The van der Waals surface area contributed by atoms with E-state index in [1.54, 1.807) is 24.3 Å². The summed E-state index contributed by atoms with van der Waals surface area (Å²) < 4.78 is 12.0. The van der Waals surface area contributed by atoms with Crippen molar-refractivity contribution in [2.75, 3.05) is 18.6 Å². The maximum atomic E-state index is 13.5. The fraction of sp³-hybridized carbons (Fsp3) is 0.233. The Balaban J connectivity index is 1.64. The molecule has 1 amide bonds. The van der Waals surface area contributed by atoms with Gasteiger partial charge in [0.25, 0.3) is 5.78 Å². The van der Waals surface area contributed by atoms with E-state index in [-0.39, 0.29) is 11.3 Å². The zero-order chi connectivity index (χ0) is 26.8.